The zero-order chi connectivity index (χ0) is 42.1. The molecular weight excluding hydrogens is 717 g/mol. The van der Waals surface area contributed by atoms with Gasteiger partial charge in [0.05, 0.1) is 6.61 Å². The number of carbonyl (C=O) groups excluding carboxylic acids is 2. The van der Waals surface area contributed by atoms with Crippen LogP contribution in [-0.2, 0) is 19.1 Å². The van der Waals surface area contributed by atoms with Gasteiger partial charge in [-0.1, -0.05) is 180 Å². The summed E-state index contributed by atoms with van der Waals surface area (Å²) in [6.07, 6.45) is 69.8. The monoisotopic (exact) mass is 801 g/mol. The molecule has 0 aliphatic heterocycles. The van der Waals surface area contributed by atoms with Crippen molar-refractivity contribution in [1.29, 1.82) is 0 Å². The number of carbonyl (C=O) groups is 2. The number of unbranched alkanes of at least 4 members (excludes halogenated alkanes) is 12. The number of esters is 2. The van der Waals surface area contributed by atoms with E-state index < -0.39 is 6.10 Å². The SMILES string of the molecule is CC/C=C\C/C=C\C/C=C\C/C=C\C/C=C\C/C=C\C/C=C\CCCCCC(=O)OC(CO)COC(=O)CCCCCCCC/C=C\C/C=C\C/C=C\CCCCC. The Kier molecular flexibility index (Phi) is 44.6. The number of allylic oxidation sites excluding steroid dienone is 20. The fourth-order valence-corrected chi connectivity index (χ4v) is 5.77. The van der Waals surface area contributed by atoms with Crippen LogP contribution in [0.2, 0.25) is 0 Å². The third-order valence-electron chi connectivity index (χ3n) is 9.24. The summed E-state index contributed by atoms with van der Waals surface area (Å²) in [5, 5.41) is 9.60. The van der Waals surface area contributed by atoms with Crippen LogP contribution in [0.1, 0.15) is 181 Å². The maximum absolute atomic E-state index is 12.2. The van der Waals surface area contributed by atoms with E-state index >= 15 is 0 Å². The Morgan fingerprint density at radius 1 is 0.414 bits per heavy atom. The van der Waals surface area contributed by atoms with Crippen molar-refractivity contribution in [2.45, 2.75) is 187 Å². The first kappa shape index (κ1) is 54.3. The Morgan fingerprint density at radius 3 is 1.14 bits per heavy atom. The highest BCUT2D eigenvalue weighted by molar-refractivity contribution is 5.70. The van der Waals surface area contributed by atoms with Crippen molar-refractivity contribution in [2.75, 3.05) is 13.2 Å². The molecule has 0 amide bonds. The molecule has 0 aromatic rings. The van der Waals surface area contributed by atoms with Gasteiger partial charge in [0, 0.05) is 12.8 Å². The number of aliphatic hydroxyl groups is 1. The van der Waals surface area contributed by atoms with Gasteiger partial charge >= 0.3 is 11.9 Å². The predicted molar refractivity (Wildman–Crippen MR) is 251 cm³/mol. The molecule has 5 nitrogen and oxygen atoms in total. The van der Waals surface area contributed by atoms with Crippen molar-refractivity contribution in [1.82, 2.24) is 0 Å². The van der Waals surface area contributed by atoms with Gasteiger partial charge in [0.25, 0.3) is 0 Å². The molecule has 0 bridgehead atoms. The van der Waals surface area contributed by atoms with Crippen molar-refractivity contribution in [3.8, 4) is 0 Å². The van der Waals surface area contributed by atoms with Gasteiger partial charge in [-0.15, -0.1) is 0 Å². The van der Waals surface area contributed by atoms with Crippen LogP contribution in [0.4, 0.5) is 0 Å². The molecule has 0 fully saturated rings. The number of hydrogen-bond donors (Lipinski definition) is 1. The van der Waals surface area contributed by atoms with E-state index in [0.717, 1.165) is 109 Å². The van der Waals surface area contributed by atoms with Crippen molar-refractivity contribution >= 4 is 11.9 Å². The number of rotatable bonds is 40. The molecule has 0 aromatic heterocycles. The molecule has 0 aliphatic rings. The molecule has 1 unspecified atom stereocenters. The van der Waals surface area contributed by atoms with E-state index in [1.54, 1.807) is 0 Å². The van der Waals surface area contributed by atoms with Crippen LogP contribution in [-0.4, -0.2) is 36.4 Å². The molecule has 0 rings (SSSR count). The summed E-state index contributed by atoms with van der Waals surface area (Å²) in [6, 6.07) is 0. The van der Waals surface area contributed by atoms with Gasteiger partial charge in [-0.3, -0.25) is 9.59 Å². The Bertz CT molecular complexity index is 1220. The number of hydrogen-bond acceptors (Lipinski definition) is 5. The van der Waals surface area contributed by atoms with Crippen LogP contribution in [0.5, 0.6) is 0 Å². The van der Waals surface area contributed by atoms with E-state index in [-0.39, 0.29) is 25.2 Å². The normalized spacial score (nSPS) is 13.4. The van der Waals surface area contributed by atoms with E-state index in [4.69, 9.17) is 9.47 Å². The van der Waals surface area contributed by atoms with E-state index in [0.29, 0.717) is 12.8 Å². The molecule has 5 heteroatoms. The summed E-state index contributed by atoms with van der Waals surface area (Å²) in [4.78, 5) is 24.4. The molecule has 0 saturated carbocycles. The average molecular weight is 801 g/mol. The summed E-state index contributed by atoms with van der Waals surface area (Å²) >= 11 is 0. The first-order valence-electron chi connectivity index (χ1n) is 23.1. The van der Waals surface area contributed by atoms with Crippen molar-refractivity contribution < 1.29 is 24.2 Å². The van der Waals surface area contributed by atoms with Crippen molar-refractivity contribution in [2.24, 2.45) is 0 Å². The van der Waals surface area contributed by atoms with Gasteiger partial charge in [-0.25, -0.2) is 0 Å². The van der Waals surface area contributed by atoms with Gasteiger partial charge in [0.1, 0.15) is 6.61 Å². The molecule has 1 N–H and O–H groups in total. The van der Waals surface area contributed by atoms with Gasteiger partial charge in [0.15, 0.2) is 6.10 Å². The number of ether oxygens (including phenoxy) is 2. The maximum atomic E-state index is 12.2. The summed E-state index contributed by atoms with van der Waals surface area (Å²) in [5.74, 6) is -0.655. The lowest BCUT2D eigenvalue weighted by molar-refractivity contribution is -0.161. The highest BCUT2D eigenvalue weighted by Crippen LogP contribution is 2.11. The Morgan fingerprint density at radius 2 is 0.741 bits per heavy atom. The number of aliphatic hydroxyl groups excluding tert-OH is 1. The van der Waals surface area contributed by atoms with E-state index in [9.17, 15) is 14.7 Å². The van der Waals surface area contributed by atoms with Crippen LogP contribution in [0.3, 0.4) is 0 Å². The van der Waals surface area contributed by atoms with Crippen LogP contribution < -0.4 is 0 Å². The molecule has 326 valence electrons. The lowest BCUT2D eigenvalue weighted by Gasteiger charge is -2.15. The second-order valence-electron chi connectivity index (χ2n) is 14.7. The third-order valence-corrected chi connectivity index (χ3v) is 9.24. The fourth-order valence-electron chi connectivity index (χ4n) is 5.77. The summed E-state index contributed by atoms with van der Waals surface area (Å²) in [7, 11) is 0. The minimum atomic E-state index is -0.805. The maximum Gasteiger partial charge on any atom is 0.306 e. The zero-order valence-electron chi connectivity index (χ0n) is 37.0. The minimum absolute atomic E-state index is 0.0951. The molecule has 0 heterocycles. The molecule has 0 aliphatic carbocycles. The Labute approximate surface area is 356 Å². The fraction of sp³-hybridized carbons (Fsp3) is 0.585. The quantitative estimate of drug-likeness (QED) is 0.0380. The molecule has 0 aromatic carbocycles. The summed E-state index contributed by atoms with van der Waals surface area (Å²) < 4.78 is 10.6. The second kappa shape index (κ2) is 47.7. The third kappa shape index (κ3) is 45.0. The summed E-state index contributed by atoms with van der Waals surface area (Å²) in [5.41, 5.74) is 0. The van der Waals surface area contributed by atoms with Crippen molar-refractivity contribution in [3.63, 3.8) is 0 Å². The lowest BCUT2D eigenvalue weighted by atomic mass is 10.1. The summed E-state index contributed by atoms with van der Waals surface area (Å²) in [6.45, 7) is 3.94. The van der Waals surface area contributed by atoms with Crippen LogP contribution in [0.25, 0.3) is 0 Å². The first-order valence-corrected chi connectivity index (χ1v) is 23.1. The highest BCUT2D eigenvalue weighted by atomic mass is 16.6. The first-order chi connectivity index (χ1) is 28.6. The van der Waals surface area contributed by atoms with Gasteiger partial charge in [-0.2, -0.15) is 0 Å². The predicted octanol–water partition coefficient (Wildman–Crippen LogP) is 15.2. The standard InChI is InChI=1S/C53H84O5/c1-3-5-7-9-11-13-15-17-19-21-23-24-25-26-27-28-30-32-34-36-38-40-42-44-46-48-53(56)58-51(49-54)50-57-52(55)47-45-43-41-39-37-35-33-31-29-22-20-18-16-14-12-10-8-6-4-2/h5,7,11-14,17-20,23-24,26-27,29-32,36,38,51,54H,3-4,6,8-10,15-16,21-22,25,28,33-35,37,39-50H2,1-2H3/b7-5-,13-11-,14-12-,19-17-,20-18-,24-23-,27-26-,31-29-,32-30-,38-36-. The van der Waals surface area contributed by atoms with Crippen molar-refractivity contribution in [3.05, 3.63) is 122 Å². The Balaban J connectivity index is 3.70. The van der Waals surface area contributed by atoms with Crippen LogP contribution in [0.15, 0.2) is 122 Å². The molecular formula is C53H84O5. The highest BCUT2D eigenvalue weighted by Gasteiger charge is 2.16. The smallest absolute Gasteiger partial charge is 0.306 e. The molecule has 1 atom stereocenters. The average Bonchev–Trinajstić information content (AvgIpc) is 3.23. The molecule has 0 saturated heterocycles. The molecule has 58 heavy (non-hydrogen) atoms. The van der Waals surface area contributed by atoms with Gasteiger partial charge in [0.2, 0.25) is 0 Å². The zero-order valence-corrected chi connectivity index (χ0v) is 37.0. The van der Waals surface area contributed by atoms with Crippen LogP contribution >= 0.6 is 0 Å². The Hall–Kier alpha value is -3.70. The minimum Gasteiger partial charge on any atom is -0.462 e. The molecule has 0 spiro atoms. The topological polar surface area (TPSA) is 72.8 Å². The van der Waals surface area contributed by atoms with Gasteiger partial charge in [-0.05, 0) is 109 Å². The van der Waals surface area contributed by atoms with Crippen LogP contribution in [0, 0.1) is 0 Å². The molecule has 0 radical (unpaired) electrons. The van der Waals surface area contributed by atoms with E-state index in [2.05, 4.69) is 135 Å². The second-order valence-corrected chi connectivity index (χ2v) is 14.7. The van der Waals surface area contributed by atoms with E-state index in [1.807, 2.05) is 0 Å². The lowest BCUT2D eigenvalue weighted by Crippen LogP contribution is -2.28. The van der Waals surface area contributed by atoms with Gasteiger partial charge < -0.3 is 14.6 Å². The van der Waals surface area contributed by atoms with E-state index in [1.165, 1.54) is 44.9 Å². The largest absolute Gasteiger partial charge is 0.462 e.